The molecule has 0 bridgehead atoms. The Hall–Kier alpha value is -2.22. The molecule has 0 spiro atoms. The summed E-state index contributed by atoms with van der Waals surface area (Å²) in [4.78, 5) is 12.6. The average Bonchev–Trinajstić information content (AvgIpc) is 2.66. The number of carbonyl (C=O) groups is 1. The highest BCUT2D eigenvalue weighted by Gasteiger charge is 2.32. The van der Waals surface area contributed by atoms with E-state index < -0.39 is 10.0 Å². The fourth-order valence-corrected chi connectivity index (χ4v) is 5.17. The Kier molecular flexibility index (Phi) is 6.41. The van der Waals surface area contributed by atoms with Crippen LogP contribution in [0, 0.1) is 13.8 Å². The number of ether oxygens (including phenoxy) is 1. The Balaban J connectivity index is 1.68. The minimum Gasteiger partial charge on any atom is -0.373 e. The van der Waals surface area contributed by atoms with Crippen molar-refractivity contribution in [3.05, 3.63) is 64.7 Å². The lowest BCUT2D eigenvalue weighted by Crippen LogP contribution is -2.48. The summed E-state index contributed by atoms with van der Waals surface area (Å²) in [5, 5.41) is 2.89. The second kappa shape index (κ2) is 8.65. The molecule has 2 aromatic rings. The third-order valence-electron chi connectivity index (χ3n) is 5.08. The molecule has 3 rings (SSSR count). The van der Waals surface area contributed by atoms with Crippen LogP contribution in [0.15, 0.2) is 47.4 Å². The molecule has 2 atom stereocenters. The smallest absolute Gasteiger partial charge is 0.251 e. The number of carbonyl (C=O) groups excluding carboxylic acids is 1. The zero-order chi connectivity index (χ0) is 21.2. The molecule has 1 saturated heterocycles. The van der Waals surface area contributed by atoms with Crippen molar-refractivity contribution >= 4 is 15.9 Å². The maximum absolute atomic E-state index is 12.9. The van der Waals surface area contributed by atoms with E-state index in [4.69, 9.17) is 4.74 Å². The number of benzene rings is 2. The Morgan fingerprint density at radius 1 is 1.07 bits per heavy atom. The van der Waals surface area contributed by atoms with Crippen molar-refractivity contribution in [1.82, 2.24) is 9.62 Å². The van der Waals surface area contributed by atoms with Gasteiger partial charge in [-0.15, -0.1) is 0 Å². The lowest BCUT2D eigenvalue weighted by atomic mass is 10.1. The van der Waals surface area contributed by atoms with Gasteiger partial charge in [0.25, 0.3) is 5.91 Å². The van der Waals surface area contributed by atoms with Crippen molar-refractivity contribution in [3.8, 4) is 0 Å². The number of hydrogen-bond donors (Lipinski definition) is 1. The summed E-state index contributed by atoms with van der Waals surface area (Å²) in [7, 11) is -3.61. The predicted octanol–water partition coefficient (Wildman–Crippen LogP) is 3.03. The molecule has 1 heterocycles. The molecular formula is C22H28N2O4S. The van der Waals surface area contributed by atoms with Gasteiger partial charge in [-0.2, -0.15) is 4.31 Å². The topological polar surface area (TPSA) is 75.7 Å². The Bertz CT molecular complexity index is 976. The van der Waals surface area contributed by atoms with Crippen LogP contribution in [-0.2, 0) is 21.3 Å². The number of rotatable bonds is 5. The Morgan fingerprint density at radius 3 is 2.28 bits per heavy atom. The number of aryl methyl sites for hydroxylation is 2. The number of sulfonamides is 1. The third kappa shape index (κ3) is 5.04. The van der Waals surface area contributed by atoms with E-state index >= 15 is 0 Å². The van der Waals surface area contributed by atoms with Gasteiger partial charge in [0, 0.05) is 25.2 Å². The molecule has 6 nitrogen and oxygen atoms in total. The van der Waals surface area contributed by atoms with E-state index in [0.717, 1.165) is 11.1 Å². The maximum atomic E-state index is 12.9. The van der Waals surface area contributed by atoms with Gasteiger partial charge in [0.2, 0.25) is 10.0 Å². The maximum Gasteiger partial charge on any atom is 0.251 e. The van der Waals surface area contributed by atoms with Crippen molar-refractivity contribution < 1.29 is 17.9 Å². The molecular weight excluding hydrogens is 388 g/mol. The van der Waals surface area contributed by atoms with Crippen LogP contribution in [0.1, 0.15) is 40.9 Å². The first-order chi connectivity index (χ1) is 13.7. The number of nitrogens with one attached hydrogen (secondary N) is 1. The number of nitrogens with zero attached hydrogens (tertiary/aromatic N) is 1. The first-order valence-electron chi connectivity index (χ1n) is 9.77. The minimum absolute atomic E-state index is 0.149. The van der Waals surface area contributed by atoms with Crippen LogP contribution in [-0.4, -0.2) is 43.9 Å². The highest BCUT2D eigenvalue weighted by molar-refractivity contribution is 7.89. The van der Waals surface area contributed by atoms with E-state index in [1.807, 2.05) is 39.8 Å². The van der Waals surface area contributed by atoms with Crippen LogP contribution in [0.4, 0.5) is 0 Å². The van der Waals surface area contributed by atoms with Crippen LogP contribution in [0.3, 0.4) is 0 Å². The molecule has 1 N–H and O–H groups in total. The van der Waals surface area contributed by atoms with Gasteiger partial charge in [-0.05, 0) is 63.1 Å². The summed E-state index contributed by atoms with van der Waals surface area (Å²) in [6.07, 6.45) is -0.299. The van der Waals surface area contributed by atoms with E-state index in [2.05, 4.69) is 11.4 Å². The lowest BCUT2D eigenvalue weighted by molar-refractivity contribution is -0.0440. The van der Waals surface area contributed by atoms with E-state index in [1.165, 1.54) is 22.0 Å². The first-order valence-corrected chi connectivity index (χ1v) is 11.2. The normalized spacial score (nSPS) is 20.4. The first kappa shape index (κ1) is 21.5. The zero-order valence-corrected chi connectivity index (χ0v) is 18.1. The van der Waals surface area contributed by atoms with Crippen LogP contribution in [0.25, 0.3) is 0 Å². The summed E-state index contributed by atoms with van der Waals surface area (Å²) in [5.74, 6) is -0.234. The van der Waals surface area contributed by atoms with E-state index in [-0.39, 0.29) is 23.0 Å². The lowest BCUT2D eigenvalue weighted by Gasteiger charge is -2.34. The van der Waals surface area contributed by atoms with Crippen molar-refractivity contribution in [2.24, 2.45) is 0 Å². The zero-order valence-electron chi connectivity index (χ0n) is 17.3. The average molecular weight is 417 g/mol. The molecule has 2 unspecified atom stereocenters. The summed E-state index contributed by atoms with van der Waals surface area (Å²) in [6, 6.07) is 12.2. The summed E-state index contributed by atoms with van der Waals surface area (Å²) in [5.41, 5.74) is 3.79. The second-order valence-corrected chi connectivity index (χ2v) is 9.65. The molecule has 0 saturated carbocycles. The van der Waals surface area contributed by atoms with Gasteiger partial charge in [-0.3, -0.25) is 4.79 Å². The monoisotopic (exact) mass is 416 g/mol. The molecule has 1 aliphatic heterocycles. The Morgan fingerprint density at radius 2 is 1.69 bits per heavy atom. The van der Waals surface area contributed by atoms with Gasteiger partial charge in [0.15, 0.2) is 0 Å². The van der Waals surface area contributed by atoms with Crippen molar-refractivity contribution in [1.29, 1.82) is 0 Å². The number of hydrogen-bond acceptors (Lipinski definition) is 4. The van der Waals surface area contributed by atoms with Gasteiger partial charge in [-0.1, -0.05) is 23.8 Å². The molecule has 156 valence electrons. The molecule has 0 radical (unpaired) electrons. The van der Waals surface area contributed by atoms with Gasteiger partial charge in [0.1, 0.15) is 0 Å². The number of amides is 1. The van der Waals surface area contributed by atoms with Gasteiger partial charge >= 0.3 is 0 Å². The third-order valence-corrected chi connectivity index (χ3v) is 6.92. The summed E-state index contributed by atoms with van der Waals surface area (Å²) in [6.45, 7) is 8.84. The van der Waals surface area contributed by atoms with Crippen LogP contribution >= 0.6 is 0 Å². The highest BCUT2D eigenvalue weighted by atomic mass is 32.2. The molecule has 7 heteroatoms. The summed E-state index contributed by atoms with van der Waals surface area (Å²) < 4.78 is 32.9. The van der Waals surface area contributed by atoms with E-state index in [0.29, 0.717) is 25.2 Å². The van der Waals surface area contributed by atoms with E-state index in [1.54, 1.807) is 12.1 Å². The summed E-state index contributed by atoms with van der Waals surface area (Å²) >= 11 is 0. The molecule has 1 fully saturated rings. The minimum atomic E-state index is -3.61. The van der Waals surface area contributed by atoms with Gasteiger partial charge < -0.3 is 10.1 Å². The second-order valence-electron chi connectivity index (χ2n) is 7.72. The predicted molar refractivity (Wildman–Crippen MR) is 112 cm³/mol. The molecule has 2 aromatic carbocycles. The molecule has 1 aliphatic rings. The van der Waals surface area contributed by atoms with Crippen LogP contribution in [0.2, 0.25) is 0 Å². The molecule has 1 amide bonds. The van der Waals surface area contributed by atoms with Gasteiger partial charge in [-0.25, -0.2) is 8.42 Å². The van der Waals surface area contributed by atoms with E-state index in [9.17, 15) is 13.2 Å². The van der Waals surface area contributed by atoms with Crippen molar-refractivity contribution in [2.45, 2.75) is 51.3 Å². The number of morpholine rings is 1. The SMILES string of the molecule is Cc1ccc(CNC(=O)c2ccc(S(=O)(=O)N3CC(C)OC(C)C3)cc2)c(C)c1. The molecule has 29 heavy (non-hydrogen) atoms. The highest BCUT2D eigenvalue weighted by Crippen LogP contribution is 2.21. The fraction of sp³-hybridized carbons (Fsp3) is 0.409. The molecule has 0 aliphatic carbocycles. The van der Waals surface area contributed by atoms with Crippen LogP contribution in [0.5, 0.6) is 0 Å². The van der Waals surface area contributed by atoms with Crippen molar-refractivity contribution in [2.75, 3.05) is 13.1 Å². The van der Waals surface area contributed by atoms with Crippen LogP contribution < -0.4 is 5.32 Å². The largest absolute Gasteiger partial charge is 0.373 e. The fourth-order valence-electron chi connectivity index (χ4n) is 3.58. The van der Waals surface area contributed by atoms with Crippen molar-refractivity contribution in [3.63, 3.8) is 0 Å². The van der Waals surface area contributed by atoms with Gasteiger partial charge in [0.05, 0.1) is 17.1 Å². The Labute approximate surface area is 172 Å². The quantitative estimate of drug-likeness (QED) is 0.813. The molecule has 0 aromatic heterocycles. The standard InChI is InChI=1S/C22H28N2O4S/c1-15-5-6-20(16(2)11-15)12-23-22(25)19-7-9-21(10-8-19)29(26,27)24-13-17(3)28-18(4)14-24/h5-11,17-18H,12-14H2,1-4H3,(H,23,25).